The van der Waals surface area contributed by atoms with Crippen LogP contribution in [0.1, 0.15) is 6.92 Å². The van der Waals surface area contributed by atoms with E-state index >= 15 is 0 Å². The van der Waals surface area contributed by atoms with Crippen LogP contribution in [0.3, 0.4) is 0 Å². The maximum atomic E-state index is 12.0. The van der Waals surface area contributed by atoms with Crippen molar-refractivity contribution in [2.24, 2.45) is 0 Å². The number of nitrogens with zero attached hydrogens (tertiary/aromatic N) is 1. The van der Waals surface area contributed by atoms with Crippen molar-refractivity contribution in [3.8, 4) is 0 Å². The van der Waals surface area contributed by atoms with Crippen molar-refractivity contribution < 1.29 is 9.59 Å². The number of aromatic nitrogens is 1. The van der Waals surface area contributed by atoms with E-state index < -0.39 is 14.1 Å². The molecule has 0 spiro atoms. The van der Waals surface area contributed by atoms with Gasteiger partial charge in [-0.3, -0.25) is 14.6 Å². The summed E-state index contributed by atoms with van der Waals surface area (Å²) >= 11 is 4.09. The highest BCUT2D eigenvalue weighted by molar-refractivity contribution is 7.80. The minimum Gasteiger partial charge on any atom is -0.357 e. The highest BCUT2D eigenvalue weighted by atomic mass is 32.1. The molecular formula is C13H21N3O2SSi. The molecule has 0 aliphatic carbocycles. The van der Waals surface area contributed by atoms with Crippen LogP contribution in [0.2, 0.25) is 13.1 Å². The number of amides is 2. The highest BCUT2D eigenvalue weighted by Crippen LogP contribution is 2.01. The van der Waals surface area contributed by atoms with Gasteiger partial charge in [-0.1, -0.05) is 19.2 Å². The Balaban J connectivity index is 2.61. The summed E-state index contributed by atoms with van der Waals surface area (Å²) < 4.78 is 0. The summed E-state index contributed by atoms with van der Waals surface area (Å²) in [5, 5.41) is 6.67. The summed E-state index contributed by atoms with van der Waals surface area (Å²) in [7, 11) is -1.77. The van der Waals surface area contributed by atoms with Gasteiger partial charge in [-0.15, -0.1) is 0 Å². The van der Waals surface area contributed by atoms with Crippen LogP contribution in [0.5, 0.6) is 0 Å². The Hall–Kier alpha value is -1.34. The first-order valence-corrected chi connectivity index (χ1v) is 10.3. The first kappa shape index (κ1) is 16.7. The molecule has 0 saturated heterocycles. The topological polar surface area (TPSA) is 71.1 Å². The van der Waals surface area contributed by atoms with E-state index in [-0.39, 0.29) is 17.6 Å². The zero-order chi connectivity index (χ0) is 15.2. The van der Waals surface area contributed by atoms with Gasteiger partial charge >= 0.3 is 0 Å². The number of thiol groups is 1. The molecule has 1 aromatic rings. The molecule has 0 fully saturated rings. The molecule has 1 aromatic heterocycles. The number of carbonyl (C=O) groups is 2. The number of hydrogen-bond acceptors (Lipinski definition) is 4. The van der Waals surface area contributed by atoms with Gasteiger partial charge in [0, 0.05) is 31.2 Å². The van der Waals surface area contributed by atoms with Crippen LogP contribution in [0, 0.1) is 0 Å². The normalized spacial score (nSPS) is 12.6. The van der Waals surface area contributed by atoms with Gasteiger partial charge < -0.3 is 10.6 Å². The van der Waals surface area contributed by atoms with Crippen molar-refractivity contribution in [3.63, 3.8) is 0 Å². The first-order valence-electron chi connectivity index (χ1n) is 6.43. The number of carbonyl (C=O) groups excluding carboxylic acids is 2. The third kappa shape index (κ3) is 4.97. The fourth-order valence-electron chi connectivity index (χ4n) is 1.74. The minimum atomic E-state index is -1.77. The van der Waals surface area contributed by atoms with E-state index in [1.165, 1.54) is 12.1 Å². The monoisotopic (exact) mass is 311 g/mol. The maximum absolute atomic E-state index is 12.0. The molecule has 1 rings (SSSR count). The van der Waals surface area contributed by atoms with E-state index in [0.29, 0.717) is 6.17 Å². The standard InChI is InChI=1S/C13H21N3O2SSi/c1-10(17)16-12(8-19)13(18)15-9-20(2,3)11-5-4-6-14-7-11/h4-7,12,19H,8-9H2,1-3H3,(H,15,18)(H,16,17). The molecule has 0 saturated carbocycles. The van der Waals surface area contributed by atoms with Crippen LogP contribution in [0.15, 0.2) is 24.5 Å². The molecule has 0 aromatic carbocycles. The zero-order valence-electron chi connectivity index (χ0n) is 12.0. The number of hydrogen-bond donors (Lipinski definition) is 3. The van der Waals surface area contributed by atoms with Crippen molar-refractivity contribution in [2.45, 2.75) is 26.1 Å². The van der Waals surface area contributed by atoms with Gasteiger partial charge in [-0.2, -0.15) is 12.6 Å². The van der Waals surface area contributed by atoms with Crippen LogP contribution >= 0.6 is 12.6 Å². The third-order valence-corrected chi connectivity index (χ3v) is 6.31. The Morgan fingerprint density at radius 2 is 2.15 bits per heavy atom. The van der Waals surface area contributed by atoms with Crippen molar-refractivity contribution in [1.82, 2.24) is 15.6 Å². The van der Waals surface area contributed by atoms with E-state index in [9.17, 15) is 9.59 Å². The molecule has 110 valence electrons. The summed E-state index contributed by atoms with van der Waals surface area (Å²) in [6, 6.07) is 3.35. The Labute approximate surface area is 126 Å². The summed E-state index contributed by atoms with van der Waals surface area (Å²) in [5.41, 5.74) is 0. The Morgan fingerprint density at radius 3 is 2.65 bits per heavy atom. The van der Waals surface area contributed by atoms with E-state index in [0.717, 1.165) is 0 Å². The fraction of sp³-hybridized carbons (Fsp3) is 0.462. The molecule has 0 aliphatic rings. The molecule has 0 bridgehead atoms. The second kappa shape index (κ2) is 7.44. The average molecular weight is 311 g/mol. The summed E-state index contributed by atoms with van der Waals surface area (Å²) in [4.78, 5) is 27.2. The molecule has 1 heterocycles. The van der Waals surface area contributed by atoms with Gasteiger partial charge in [0.15, 0.2) is 0 Å². The van der Waals surface area contributed by atoms with Gasteiger partial charge in [0.1, 0.15) is 14.1 Å². The second-order valence-electron chi connectivity index (χ2n) is 5.28. The maximum Gasteiger partial charge on any atom is 0.243 e. The molecule has 0 radical (unpaired) electrons. The number of rotatable bonds is 6. The number of pyridine rings is 1. The van der Waals surface area contributed by atoms with Crippen LogP contribution < -0.4 is 15.8 Å². The van der Waals surface area contributed by atoms with Gasteiger partial charge in [0.05, 0.1) is 0 Å². The lowest BCUT2D eigenvalue weighted by molar-refractivity contribution is -0.127. The lowest BCUT2D eigenvalue weighted by Gasteiger charge is -2.24. The molecule has 2 amide bonds. The fourth-order valence-corrected chi connectivity index (χ4v) is 3.78. The van der Waals surface area contributed by atoms with Crippen LogP contribution in [-0.4, -0.2) is 42.8 Å². The van der Waals surface area contributed by atoms with Crippen molar-refractivity contribution in [2.75, 3.05) is 11.9 Å². The minimum absolute atomic E-state index is 0.195. The van der Waals surface area contributed by atoms with Gasteiger partial charge in [0.2, 0.25) is 11.8 Å². The zero-order valence-corrected chi connectivity index (χ0v) is 13.9. The van der Waals surface area contributed by atoms with Crippen molar-refractivity contribution >= 4 is 37.7 Å². The molecule has 7 heteroatoms. The van der Waals surface area contributed by atoms with Crippen LogP contribution in [-0.2, 0) is 9.59 Å². The second-order valence-corrected chi connectivity index (χ2v) is 10.3. The smallest absolute Gasteiger partial charge is 0.243 e. The van der Waals surface area contributed by atoms with Crippen LogP contribution in [0.25, 0.3) is 0 Å². The molecule has 20 heavy (non-hydrogen) atoms. The average Bonchev–Trinajstić information content (AvgIpc) is 2.43. The highest BCUT2D eigenvalue weighted by Gasteiger charge is 2.26. The van der Waals surface area contributed by atoms with Crippen LogP contribution in [0.4, 0.5) is 0 Å². The molecule has 1 atom stereocenters. The SMILES string of the molecule is CC(=O)NC(CS)C(=O)NC[Si](C)(C)c1cccnc1. The Bertz CT molecular complexity index is 468. The van der Waals surface area contributed by atoms with Gasteiger partial charge in [-0.05, 0) is 11.3 Å². The van der Waals surface area contributed by atoms with E-state index in [4.69, 9.17) is 0 Å². The predicted octanol–water partition coefficient (Wildman–Crippen LogP) is 0.0869. The first-order chi connectivity index (χ1) is 9.36. The molecule has 5 nitrogen and oxygen atoms in total. The van der Waals surface area contributed by atoms with Crippen molar-refractivity contribution in [1.29, 1.82) is 0 Å². The summed E-state index contributed by atoms with van der Waals surface area (Å²) in [5.74, 6) is -0.150. The third-order valence-electron chi connectivity index (χ3n) is 3.02. The van der Waals surface area contributed by atoms with E-state index in [1.807, 2.05) is 18.3 Å². The molecule has 2 N–H and O–H groups in total. The summed E-state index contributed by atoms with van der Waals surface area (Å²) in [6.07, 6.45) is 4.18. The van der Waals surface area contributed by atoms with Crippen molar-refractivity contribution in [3.05, 3.63) is 24.5 Å². The molecule has 1 unspecified atom stereocenters. The Kier molecular flexibility index (Phi) is 6.22. The lowest BCUT2D eigenvalue weighted by Crippen LogP contribution is -2.55. The lowest BCUT2D eigenvalue weighted by atomic mass is 10.3. The molecular weight excluding hydrogens is 290 g/mol. The largest absolute Gasteiger partial charge is 0.357 e. The van der Waals surface area contributed by atoms with E-state index in [1.54, 1.807) is 6.20 Å². The number of nitrogens with one attached hydrogen (secondary N) is 2. The molecule has 0 aliphatic heterocycles. The van der Waals surface area contributed by atoms with Gasteiger partial charge in [0.25, 0.3) is 0 Å². The quantitative estimate of drug-likeness (QED) is 0.515. The Morgan fingerprint density at radius 1 is 1.45 bits per heavy atom. The van der Waals surface area contributed by atoms with E-state index in [2.05, 4.69) is 41.3 Å². The summed E-state index contributed by atoms with van der Waals surface area (Å²) in [6.45, 7) is 5.72. The van der Waals surface area contributed by atoms with Gasteiger partial charge in [-0.25, -0.2) is 0 Å². The predicted molar refractivity (Wildman–Crippen MR) is 85.8 cm³/mol.